The van der Waals surface area contributed by atoms with Gasteiger partial charge in [-0.3, -0.25) is 25.2 Å². The Morgan fingerprint density at radius 3 is 2.42 bits per heavy atom. The molecule has 2 aliphatic heterocycles. The van der Waals surface area contributed by atoms with Gasteiger partial charge < -0.3 is 58.3 Å². The number of ketones is 1. The van der Waals surface area contributed by atoms with Crippen LogP contribution >= 0.6 is 0 Å². The molecule has 0 aromatic heterocycles. The zero-order valence-electron chi connectivity index (χ0n) is 47.1. The Labute approximate surface area is 471 Å². The summed E-state index contributed by atoms with van der Waals surface area (Å²) < 4.78 is 0. The largest absolute Gasteiger partial charge is 0.508 e. The van der Waals surface area contributed by atoms with Crippen molar-refractivity contribution in [2.75, 3.05) is 26.2 Å². The summed E-state index contributed by atoms with van der Waals surface area (Å²) >= 11 is 0. The van der Waals surface area contributed by atoms with Gasteiger partial charge in [-0.1, -0.05) is 110 Å². The molecule has 2 heterocycles. The minimum Gasteiger partial charge on any atom is -0.508 e. The zero-order chi connectivity index (χ0) is 57.7. The quantitative estimate of drug-likeness (QED) is 0.0331. The molecule has 16 heteroatoms. The normalized spacial score (nSPS) is 31.5. The summed E-state index contributed by atoms with van der Waals surface area (Å²) in [5.74, 6) is -2.93. The number of likely N-dealkylation sites (N-methyl/N-ethyl adjacent to an activating group) is 1. The number of nitrogens with two attached hydrogens (primary N) is 3. The molecule has 1 spiro atoms. The SMILES string of the molecule is C=C(/C=C/C=C(/CO)[C@H]1[C@@H]2CCC[C@@]3(O)CC/C4=C(/C)C(=O)Cc5cccc6c5[C@@H](NC[C@@H](O)[C@H]([C@H](CN=C(N)N)c5ccc(O)cc5)Cc5cccc(c5)C[C@@H](O)CC[C@H]4[C@]3(C2)[C@@H]1O)C(=O)N[C@@H]6N)[C@](O)(CC=C(C)C)NCC. The number of benzene rings is 3. The fraction of sp³-hybridized carbons (Fsp3) is 0.516. The van der Waals surface area contributed by atoms with Crippen molar-refractivity contribution in [3.05, 3.63) is 159 Å². The molecule has 4 bridgehead atoms. The molecule has 8 rings (SSSR count). The van der Waals surface area contributed by atoms with Gasteiger partial charge in [-0.15, -0.1) is 0 Å². The second-order valence-corrected chi connectivity index (χ2v) is 23.8. The highest BCUT2D eigenvalue weighted by atomic mass is 16.3. The number of hydrogen-bond acceptors (Lipinski definition) is 13. The molecule has 3 fully saturated rings. The van der Waals surface area contributed by atoms with Crippen LogP contribution in [0.1, 0.15) is 137 Å². The fourth-order valence-electron chi connectivity index (χ4n) is 14.6. The number of carbonyl (C=O) groups is 2. The van der Waals surface area contributed by atoms with E-state index in [1.54, 1.807) is 42.5 Å². The Morgan fingerprint density at radius 1 is 1.00 bits per heavy atom. The lowest BCUT2D eigenvalue weighted by molar-refractivity contribution is -0.181. The topological polar surface area (TPSA) is 302 Å². The number of amides is 1. The molecule has 1 amide bonds. The maximum Gasteiger partial charge on any atom is 0.243 e. The van der Waals surface area contributed by atoms with Gasteiger partial charge in [0.25, 0.3) is 0 Å². The number of hydrogen-bond donors (Lipinski definition) is 13. The van der Waals surface area contributed by atoms with Crippen LogP contribution in [-0.4, -0.2) is 109 Å². The molecule has 3 aromatic carbocycles. The Balaban J connectivity index is 1.22. The van der Waals surface area contributed by atoms with Gasteiger partial charge >= 0.3 is 0 Å². The predicted octanol–water partition coefficient (Wildman–Crippen LogP) is 5.51. The Morgan fingerprint density at radius 2 is 1.73 bits per heavy atom. The van der Waals surface area contributed by atoms with Crippen molar-refractivity contribution in [3.63, 3.8) is 0 Å². The first-order valence-corrected chi connectivity index (χ1v) is 28.7. The minimum absolute atomic E-state index is 0.0657. The van der Waals surface area contributed by atoms with E-state index in [2.05, 4.69) is 27.5 Å². The standard InChI is InChI=1S/C64H87N7O9/c1-6-70-64(80,28-24-37(2)3)38(4)11-7-15-45(36-72)55-44-16-10-26-62(79)27-25-48-39(5)53(75)32-43-14-9-17-49-56(43)57(60(78)71-59(49)65)68-35-54(76)50(51(34-69-61(66)67)42-18-20-46(73)21-19-42)31-41-13-8-12-40(29-41)30-47(74)22-23-52(48)63(62,33-44)58(55)77/h7-9,11-15,17-21,24,29,44,47,50-52,54-55,57-59,68,70,72-74,76-77,79-80H,4,6,10,16,22-23,25-28,30-36,65H2,1-3,5H3,(H,71,78)(H4,66,67,69)/b11-7+,45-15-,48-39+/t44-,47+,50+,51-,52-,54-,55-,57-,58-,59+,62-,63-,64-/m1/s1. The van der Waals surface area contributed by atoms with E-state index >= 15 is 4.79 Å². The molecular formula is C64H87N7O9. The number of Topliss-reactive ketones (excluding diaryl/α,β-unsaturated/α-hetero) is 1. The molecule has 5 aliphatic rings. The molecule has 80 heavy (non-hydrogen) atoms. The summed E-state index contributed by atoms with van der Waals surface area (Å²) in [6.07, 6.45) is 7.71. The van der Waals surface area contributed by atoms with Gasteiger partial charge in [0.15, 0.2) is 11.7 Å². The smallest absolute Gasteiger partial charge is 0.243 e. The Hall–Kier alpha value is -5.79. The fourth-order valence-corrected chi connectivity index (χ4v) is 14.6. The highest BCUT2D eigenvalue weighted by Gasteiger charge is 2.69. The maximum absolute atomic E-state index is 15.2. The summed E-state index contributed by atoms with van der Waals surface area (Å²) in [5.41, 5.74) is 22.2. The molecule has 0 saturated heterocycles. The molecule has 0 radical (unpaired) electrons. The van der Waals surface area contributed by atoms with Crippen molar-refractivity contribution >= 4 is 17.6 Å². The van der Waals surface area contributed by atoms with E-state index in [-0.39, 0.29) is 62.4 Å². The van der Waals surface area contributed by atoms with Gasteiger partial charge in [-0.05, 0) is 165 Å². The summed E-state index contributed by atoms with van der Waals surface area (Å²) in [7, 11) is 0. The van der Waals surface area contributed by atoms with Gasteiger partial charge in [-0.25, -0.2) is 0 Å². The van der Waals surface area contributed by atoms with Crippen molar-refractivity contribution in [2.24, 2.45) is 51.3 Å². The van der Waals surface area contributed by atoms with Gasteiger partial charge in [0.1, 0.15) is 23.7 Å². The van der Waals surface area contributed by atoms with E-state index in [4.69, 9.17) is 17.2 Å². The van der Waals surface area contributed by atoms with Crippen LogP contribution in [0.25, 0.3) is 0 Å². The lowest BCUT2D eigenvalue weighted by Gasteiger charge is -2.57. The number of phenolic OH excluding ortho intramolecular Hbond substituents is 1. The van der Waals surface area contributed by atoms with Crippen LogP contribution in [0.4, 0.5) is 0 Å². The molecule has 3 saturated carbocycles. The summed E-state index contributed by atoms with van der Waals surface area (Å²) in [6.45, 7) is 12.1. The monoisotopic (exact) mass is 1100 g/mol. The van der Waals surface area contributed by atoms with Crippen molar-refractivity contribution in [1.82, 2.24) is 16.0 Å². The van der Waals surface area contributed by atoms with Crippen LogP contribution in [0.3, 0.4) is 0 Å². The second kappa shape index (κ2) is 25.6. The van der Waals surface area contributed by atoms with E-state index in [1.807, 2.05) is 76.2 Å². The van der Waals surface area contributed by atoms with Crippen molar-refractivity contribution in [1.29, 1.82) is 0 Å². The number of β-amino-alcohol motifs (C(OH)–C–C–N with tert-alkyl or cyclic N) is 1. The molecular weight excluding hydrogens is 1010 g/mol. The molecule has 3 aliphatic carbocycles. The number of rotatable bonds is 13. The maximum atomic E-state index is 15.2. The number of phenols is 1. The number of aromatic hydroxyl groups is 1. The van der Waals surface area contributed by atoms with E-state index in [0.29, 0.717) is 97.7 Å². The van der Waals surface area contributed by atoms with E-state index < -0.39 is 76.8 Å². The Bertz CT molecular complexity index is 2890. The average Bonchev–Trinajstić information content (AvgIpc) is 3.83. The first-order valence-electron chi connectivity index (χ1n) is 28.7. The van der Waals surface area contributed by atoms with Crippen LogP contribution in [0, 0.1) is 29.1 Å². The Kier molecular flexibility index (Phi) is 19.3. The lowest BCUT2D eigenvalue weighted by Crippen LogP contribution is -2.61. The third-order valence-corrected chi connectivity index (χ3v) is 18.6. The minimum atomic E-state index is -1.40. The molecule has 16 N–H and O–H groups in total. The number of nitrogens with one attached hydrogen (secondary N) is 3. The van der Waals surface area contributed by atoms with Gasteiger partial charge in [0, 0.05) is 43.2 Å². The number of carbonyl (C=O) groups excluding carboxylic acids is 2. The number of aliphatic hydroxyl groups excluding tert-OH is 4. The van der Waals surface area contributed by atoms with Crippen molar-refractivity contribution in [2.45, 2.75) is 153 Å². The summed E-state index contributed by atoms with van der Waals surface area (Å²) in [5, 5.41) is 93.7. The highest BCUT2D eigenvalue weighted by molar-refractivity contribution is 5.98. The van der Waals surface area contributed by atoms with E-state index in [9.17, 15) is 40.5 Å². The lowest BCUT2D eigenvalue weighted by atomic mass is 9.51. The first-order chi connectivity index (χ1) is 38.1. The van der Waals surface area contributed by atoms with Gasteiger partial charge in [0.2, 0.25) is 5.91 Å². The molecule has 432 valence electrons. The molecule has 3 aromatic rings. The highest BCUT2D eigenvalue weighted by Crippen LogP contribution is 2.68. The number of aliphatic imine (C=N–C) groups is 1. The number of nitrogens with zero attached hydrogens (tertiary/aromatic N) is 1. The third-order valence-electron chi connectivity index (χ3n) is 18.6. The number of aliphatic hydroxyl groups is 6. The first kappa shape index (κ1) is 60.3. The van der Waals surface area contributed by atoms with Crippen LogP contribution < -0.4 is 33.2 Å². The summed E-state index contributed by atoms with van der Waals surface area (Å²) in [4.78, 5) is 33.8. The van der Waals surface area contributed by atoms with E-state index in [0.717, 1.165) is 27.8 Å². The predicted molar refractivity (Wildman–Crippen MR) is 311 cm³/mol. The van der Waals surface area contributed by atoms with Crippen LogP contribution in [0.15, 0.2) is 130 Å². The van der Waals surface area contributed by atoms with Gasteiger partial charge in [0.05, 0.1) is 30.5 Å². The van der Waals surface area contributed by atoms with Crippen LogP contribution in [0.5, 0.6) is 5.75 Å². The number of fused-ring (bicyclic) bond motifs is 4. The van der Waals surface area contributed by atoms with Gasteiger partial charge in [-0.2, -0.15) is 0 Å². The van der Waals surface area contributed by atoms with Crippen molar-refractivity contribution < 1.29 is 45.3 Å². The molecule has 0 unspecified atom stereocenters. The average molecular weight is 1100 g/mol. The number of allylic oxidation sites excluding steroid dienone is 5. The molecule has 16 nitrogen and oxygen atoms in total. The third kappa shape index (κ3) is 12.6. The summed E-state index contributed by atoms with van der Waals surface area (Å²) in [6, 6.07) is 19.0. The van der Waals surface area contributed by atoms with Crippen molar-refractivity contribution in [3.8, 4) is 5.75 Å². The zero-order valence-corrected chi connectivity index (χ0v) is 47.1. The number of guanidine groups is 1. The van der Waals surface area contributed by atoms with Crippen LogP contribution in [-0.2, 0) is 28.9 Å². The van der Waals surface area contributed by atoms with Crippen LogP contribution in [0.2, 0.25) is 0 Å². The second-order valence-electron chi connectivity index (χ2n) is 23.8. The molecule has 13 atom stereocenters. The van der Waals surface area contributed by atoms with E-state index in [1.165, 1.54) is 0 Å².